The molecule has 0 aliphatic heterocycles. The summed E-state index contributed by atoms with van der Waals surface area (Å²) in [6.45, 7) is 0. The first-order chi connectivity index (χ1) is 14.0. The molecule has 0 atom stereocenters. The van der Waals surface area contributed by atoms with E-state index < -0.39 is 49.9 Å². The fourth-order valence-corrected chi connectivity index (χ4v) is 2.66. The Balaban J connectivity index is 0. The first-order valence-corrected chi connectivity index (χ1v) is 14.5. The molecule has 166 valence electrons. The van der Waals surface area contributed by atoms with Crippen LogP contribution >= 0.6 is 108 Å². The van der Waals surface area contributed by atoms with Gasteiger partial charge >= 0.3 is 6.04 Å². The standard InChI is InChI=1S/C8HCl3FNO.C8HClF3NO.I2.HI/c9-6-3(8(11)14)1-5(12)7(10)4(6)2-13;9-6-3(8(12)14)1-5(10)7(11)4(6)2-13;1-2;/h2*1H;;1H. The van der Waals surface area contributed by atoms with Crippen LogP contribution in [0.3, 0.4) is 0 Å². The van der Waals surface area contributed by atoms with E-state index in [0.29, 0.717) is 6.07 Å². The molecule has 31 heavy (non-hydrogen) atoms. The van der Waals surface area contributed by atoms with E-state index in [1.807, 2.05) is 0 Å². The summed E-state index contributed by atoms with van der Waals surface area (Å²) >= 11 is 25.7. The van der Waals surface area contributed by atoms with Gasteiger partial charge in [0.15, 0.2) is 11.6 Å². The van der Waals surface area contributed by atoms with Crippen LogP contribution in [-0.4, -0.2) is 11.3 Å². The Morgan fingerprint density at radius 1 is 0.839 bits per heavy atom. The third kappa shape index (κ3) is 8.60. The van der Waals surface area contributed by atoms with Crippen molar-refractivity contribution in [3.8, 4) is 12.1 Å². The molecule has 2 aromatic carbocycles. The van der Waals surface area contributed by atoms with Crippen LogP contribution in [0, 0.1) is 40.1 Å². The zero-order valence-electron chi connectivity index (χ0n) is 14.1. The maximum atomic E-state index is 13.0. The quantitative estimate of drug-likeness (QED) is 0.132. The minimum atomic E-state index is -2.02. The van der Waals surface area contributed by atoms with E-state index in [-0.39, 0.29) is 40.1 Å². The van der Waals surface area contributed by atoms with Crippen LogP contribution in [0.25, 0.3) is 0 Å². The number of carbonyl (C=O) groups excluding carboxylic acids is 2. The molecule has 2 aromatic rings. The largest absolute Gasteiger partial charge is 0.333 e. The first kappa shape index (κ1) is 33.0. The fourth-order valence-electron chi connectivity index (χ4n) is 1.69. The van der Waals surface area contributed by atoms with Gasteiger partial charge in [0.25, 0.3) is 5.24 Å². The summed E-state index contributed by atoms with van der Waals surface area (Å²) in [6.07, 6.45) is 0. The number of hydrogen-bond acceptors (Lipinski definition) is 4. The number of nitriles is 2. The lowest BCUT2D eigenvalue weighted by molar-refractivity contribution is 0.0835. The highest BCUT2D eigenvalue weighted by Crippen LogP contribution is 2.31. The molecule has 0 aromatic heterocycles. The minimum absolute atomic E-state index is 0. The number of rotatable bonds is 2. The molecule has 0 saturated heterocycles. The van der Waals surface area contributed by atoms with Crippen molar-refractivity contribution in [3.63, 3.8) is 0 Å². The van der Waals surface area contributed by atoms with Crippen LogP contribution in [0.1, 0.15) is 31.8 Å². The first-order valence-electron chi connectivity index (χ1n) is 6.66. The van der Waals surface area contributed by atoms with E-state index in [1.165, 1.54) is 6.07 Å². The second-order valence-corrected chi connectivity index (χ2v) is 6.07. The SMILES string of the molecule is I.II.N#Cc1c(Cl)c(F)cc(C(=O)Cl)c1Cl.N#Cc1c(F)c(F)cc(C(=O)F)c1Cl. The van der Waals surface area contributed by atoms with Gasteiger partial charge in [-0.15, -0.1) is 24.0 Å². The summed E-state index contributed by atoms with van der Waals surface area (Å²) < 4.78 is 50.7. The Labute approximate surface area is 233 Å². The molecule has 0 aliphatic rings. The minimum Gasteiger partial charge on any atom is -0.276 e. The lowest BCUT2D eigenvalue weighted by atomic mass is 10.1. The maximum Gasteiger partial charge on any atom is 0.333 e. The highest BCUT2D eigenvalue weighted by molar-refractivity contribution is 15.0. The molecule has 0 heterocycles. The predicted molar refractivity (Wildman–Crippen MR) is 136 cm³/mol. The summed E-state index contributed by atoms with van der Waals surface area (Å²) in [4.78, 5) is 21.0. The average Bonchev–Trinajstić information content (AvgIpc) is 2.70. The Morgan fingerprint density at radius 2 is 1.26 bits per heavy atom. The van der Waals surface area contributed by atoms with Gasteiger partial charge in [-0.3, -0.25) is 9.59 Å². The second-order valence-electron chi connectivity index (χ2n) is 4.59. The van der Waals surface area contributed by atoms with Gasteiger partial charge in [0.1, 0.15) is 23.5 Å². The van der Waals surface area contributed by atoms with E-state index in [9.17, 15) is 27.2 Å². The molecule has 0 aliphatic carbocycles. The van der Waals surface area contributed by atoms with Crippen molar-refractivity contribution in [1.82, 2.24) is 0 Å². The molecule has 0 amide bonds. The zero-order chi connectivity index (χ0) is 23.8. The average molecular weight is 854 g/mol. The molecule has 0 fully saturated rings. The van der Waals surface area contributed by atoms with Crippen molar-refractivity contribution in [1.29, 1.82) is 10.5 Å². The normalized spacial score (nSPS) is 8.90. The monoisotopic (exact) mass is 852 g/mol. The van der Waals surface area contributed by atoms with Crippen molar-refractivity contribution in [2.24, 2.45) is 0 Å². The Hall–Kier alpha value is -0.170. The van der Waals surface area contributed by atoms with Gasteiger partial charge in [-0.2, -0.15) is 14.9 Å². The summed E-state index contributed by atoms with van der Waals surface area (Å²) in [7, 11) is 0. The third-order valence-corrected chi connectivity index (χ3v) is 4.32. The smallest absolute Gasteiger partial charge is 0.276 e. The predicted octanol–water partition coefficient (Wildman–Crippen LogP) is 8.37. The summed E-state index contributed by atoms with van der Waals surface area (Å²) in [5, 5.41) is 14.6. The van der Waals surface area contributed by atoms with Crippen LogP contribution in [0.15, 0.2) is 12.1 Å². The summed E-state index contributed by atoms with van der Waals surface area (Å²) in [6, 6.07) is 1.89. The molecule has 0 saturated carbocycles. The highest BCUT2D eigenvalue weighted by Gasteiger charge is 2.21. The van der Waals surface area contributed by atoms with Gasteiger partial charge in [-0.1, -0.05) is 34.8 Å². The molecule has 15 heteroatoms. The van der Waals surface area contributed by atoms with E-state index in [0.717, 1.165) is 6.07 Å². The van der Waals surface area contributed by atoms with Crippen LogP contribution in [0.2, 0.25) is 15.1 Å². The molecular weight excluding hydrogens is 851 g/mol. The van der Waals surface area contributed by atoms with Crippen LogP contribution in [-0.2, 0) is 0 Å². The van der Waals surface area contributed by atoms with E-state index in [4.69, 9.17) is 56.9 Å². The third-order valence-electron chi connectivity index (χ3n) is 2.96. The number of benzene rings is 2. The van der Waals surface area contributed by atoms with Crippen molar-refractivity contribution < 1.29 is 27.2 Å². The topological polar surface area (TPSA) is 81.7 Å². The lowest BCUT2D eigenvalue weighted by Crippen LogP contribution is -2.00. The molecule has 0 spiro atoms. The van der Waals surface area contributed by atoms with Gasteiger partial charge < -0.3 is 0 Å². The molecule has 2 rings (SSSR count). The summed E-state index contributed by atoms with van der Waals surface area (Å²) in [5.41, 5.74) is -2.31. The molecule has 0 N–H and O–H groups in total. The molecule has 0 bridgehead atoms. The second kappa shape index (κ2) is 15.6. The van der Waals surface area contributed by atoms with E-state index >= 15 is 0 Å². The van der Waals surface area contributed by atoms with Crippen LogP contribution in [0.5, 0.6) is 0 Å². The van der Waals surface area contributed by atoms with Crippen molar-refractivity contribution in [2.45, 2.75) is 0 Å². The molecule has 4 nitrogen and oxygen atoms in total. The van der Waals surface area contributed by atoms with Gasteiger partial charge in [0.2, 0.25) is 0 Å². The lowest BCUT2D eigenvalue weighted by Gasteiger charge is -2.03. The van der Waals surface area contributed by atoms with Crippen LogP contribution in [0.4, 0.5) is 17.6 Å². The van der Waals surface area contributed by atoms with Gasteiger partial charge in [0.05, 0.1) is 31.8 Å². The van der Waals surface area contributed by atoms with Crippen molar-refractivity contribution >= 4 is 119 Å². The van der Waals surface area contributed by atoms with Crippen LogP contribution < -0.4 is 0 Å². The van der Waals surface area contributed by atoms with Gasteiger partial charge in [0, 0.05) is 37.2 Å². The van der Waals surface area contributed by atoms with Crippen molar-refractivity contribution in [2.75, 3.05) is 0 Å². The van der Waals surface area contributed by atoms with E-state index in [1.54, 1.807) is 6.07 Å². The van der Waals surface area contributed by atoms with E-state index in [2.05, 4.69) is 37.2 Å². The summed E-state index contributed by atoms with van der Waals surface area (Å²) in [5.74, 6) is -3.90. The molecular formula is C16H3Cl4F4I3N2O2. The highest BCUT2D eigenvalue weighted by atomic mass is 128. The molecule has 0 unspecified atom stereocenters. The Kier molecular flexibility index (Phi) is 16.6. The van der Waals surface area contributed by atoms with Crippen molar-refractivity contribution in [3.05, 3.63) is 66.9 Å². The number of halogens is 11. The Bertz CT molecular complexity index is 1010. The van der Waals surface area contributed by atoms with Gasteiger partial charge in [-0.25, -0.2) is 13.2 Å². The number of nitrogens with zero attached hydrogens (tertiary/aromatic N) is 2. The van der Waals surface area contributed by atoms with Gasteiger partial charge in [-0.05, 0) is 23.7 Å². The molecule has 0 radical (unpaired) electrons. The fraction of sp³-hybridized carbons (Fsp3) is 0. The maximum absolute atomic E-state index is 13.0. The number of carbonyl (C=O) groups is 2. The Morgan fingerprint density at radius 3 is 1.65 bits per heavy atom. The zero-order valence-corrected chi connectivity index (χ0v) is 23.7. The number of hydrogen-bond donors (Lipinski definition) is 0.